The molecule has 2 aromatic carbocycles. The predicted octanol–water partition coefficient (Wildman–Crippen LogP) is 4.37. The minimum atomic E-state index is -0.280. The Balaban J connectivity index is 1.91. The van der Waals surface area contributed by atoms with Gasteiger partial charge in [0, 0.05) is 28.4 Å². The summed E-state index contributed by atoms with van der Waals surface area (Å²) in [5.74, 6) is 0.405. The molecule has 108 valence electrons. The van der Waals surface area contributed by atoms with E-state index >= 15 is 0 Å². The zero-order chi connectivity index (χ0) is 14.8. The molecular weight excluding hydrogens is 309 g/mol. The molecule has 2 nitrogen and oxygen atoms in total. The molecule has 1 aliphatic rings. The largest absolute Gasteiger partial charge is 0.322 e. The van der Waals surface area contributed by atoms with Crippen molar-refractivity contribution in [3.05, 3.63) is 70.5 Å². The first-order valence-electron chi connectivity index (χ1n) is 6.59. The van der Waals surface area contributed by atoms with Gasteiger partial charge in [-0.3, -0.25) is 4.79 Å². The van der Waals surface area contributed by atoms with Crippen molar-refractivity contribution < 1.29 is 9.18 Å². The van der Waals surface area contributed by atoms with Gasteiger partial charge in [-0.25, -0.2) is 4.39 Å². The quantitative estimate of drug-likeness (QED) is 0.818. The Labute approximate surface area is 131 Å². The van der Waals surface area contributed by atoms with Gasteiger partial charge in [-0.1, -0.05) is 35.9 Å². The summed E-state index contributed by atoms with van der Waals surface area (Å²) in [6, 6.07) is 13.5. The van der Waals surface area contributed by atoms with Crippen molar-refractivity contribution in [1.29, 1.82) is 0 Å². The Morgan fingerprint density at radius 3 is 2.81 bits per heavy atom. The molecule has 21 heavy (non-hydrogen) atoms. The molecule has 5 heteroatoms. The number of benzene rings is 2. The van der Waals surface area contributed by atoms with E-state index in [1.165, 1.54) is 6.07 Å². The van der Waals surface area contributed by atoms with E-state index in [0.29, 0.717) is 22.7 Å². The lowest BCUT2D eigenvalue weighted by molar-refractivity contribution is 0.0759. The molecule has 0 aromatic heterocycles. The summed E-state index contributed by atoms with van der Waals surface area (Å²) in [6.07, 6.45) is 0. The van der Waals surface area contributed by atoms with E-state index in [1.807, 2.05) is 0 Å². The Morgan fingerprint density at radius 2 is 2.05 bits per heavy atom. The summed E-state index contributed by atoms with van der Waals surface area (Å²) in [5.41, 5.74) is 1.08. The smallest absolute Gasteiger partial charge is 0.255 e. The van der Waals surface area contributed by atoms with Crippen LogP contribution in [0, 0.1) is 5.82 Å². The summed E-state index contributed by atoms with van der Waals surface area (Å²) in [6.45, 7) is 0.606. The van der Waals surface area contributed by atoms with Crippen LogP contribution in [0.4, 0.5) is 4.39 Å². The van der Waals surface area contributed by atoms with Crippen LogP contribution in [-0.4, -0.2) is 23.1 Å². The number of rotatable bonds is 2. The van der Waals surface area contributed by atoms with Crippen molar-refractivity contribution >= 4 is 29.3 Å². The van der Waals surface area contributed by atoms with Gasteiger partial charge in [0.05, 0.1) is 0 Å². The lowest BCUT2D eigenvalue weighted by Crippen LogP contribution is -2.30. The first kappa shape index (κ1) is 14.4. The third-order valence-electron chi connectivity index (χ3n) is 3.39. The molecule has 1 saturated heterocycles. The highest BCUT2D eigenvalue weighted by atomic mass is 35.5. The van der Waals surface area contributed by atoms with Gasteiger partial charge in [-0.15, -0.1) is 11.8 Å². The molecule has 1 heterocycles. The van der Waals surface area contributed by atoms with Crippen molar-refractivity contribution in [3.63, 3.8) is 0 Å². The van der Waals surface area contributed by atoms with Crippen LogP contribution in [0.3, 0.4) is 0 Å². The maximum Gasteiger partial charge on any atom is 0.255 e. The van der Waals surface area contributed by atoms with Crippen LogP contribution in [0.15, 0.2) is 48.5 Å². The van der Waals surface area contributed by atoms with Crippen LogP contribution in [0.2, 0.25) is 5.02 Å². The number of halogens is 2. The lowest BCUT2D eigenvalue weighted by Gasteiger charge is -2.24. The molecular formula is C16H13ClFNOS. The first-order chi connectivity index (χ1) is 10.2. The number of carbonyl (C=O) groups is 1. The van der Waals surface area contributed by atoms with E-state index in [0.717, 1.165) is 5.75 Å². The number of amides is 1. The van der Waals surface area contributed by atoms with Crippen molar-refractivity contribution in [2.45, 2.75) is 5.37 Å². The van der Waals surface area contributed by atoms with E-state index in [-0.39, 0.29) is 17.1 Å². The van der Waals surface area contributed by atoms with Gasteiger partial charge in [0.1, 0.15) is 11.2 Å². The predicted molar refractivity (Wildman–Crippen MR) is 84.1 cm³/mol. The second-order valence-corrected chi connectivity index (χ2v) is 6.38. The fourth-order valence-corrected chi connectivity index (χ4v) is 3.87. The Morgan fingerprint density at radius 1 is 1.24 bits per heavy atom. The Bertz CT molecular complexity index is 679. The second-order valence-electron chi connectivity index (χ2n) is 4.75. The standard InChI is InChI=1S/C16H13ClFNOS/c17-12-5-3-4-11(10-12)15(20)19-8-9-21-16(19)13-6-1-2-7-14(13)18/h1-7,10,16H,8-9H2/t16-/m0/s1. The monoisotopic (exact) mass is 321 g/mol. The first-order valence-corrected chi connectivity index (χ1v) is 8.02. The van der Waals surface area contributed by atoms with Gasteiger partial charge in [-0.05, 0) is 24.3 Å². The summed E-state index contributed by atoms with van der Waals surface area (Å²) < 4.78 is 14.0. The summed E-state index contributed by atoms with van der Waals surface area (Å²) in [4.78, 5) is 14.3. The summed E-state index contributed by atoms with van der Waals surface area (Å²) in [7, 11) is 0. The number of hydrogen-bond acceptors (Lipinski definition) is 2. The van der Waals surface area contributed by atoms with Crippen LogP contribution in [-0.2, 0) is 0 Å². The Hall–Kier alpha value is -1.52. The molecule has 0 saturated carbocycles. The van der Waals surface area contributed by atoms with E-state index in [9.17, 15) is 9.18 Å². The van der Waals surface area contributed by atoms with Crippen LogP contribution in [0.25, 0.3) is 0 Å². The van der Waals surface area contributed by atoms with Gasteiger partial charge in [-0.2, -0.15) is 0 Å². The molecule has 0 spiro atoms. The molecule has 1 atom stereocenters. The average Bonchev–Trinajstić information content (AvgIpc) is 2.96. The van der Waals surface area contributed by atoms with Gasteiger partial charge in [0.25, 0.3) is 5.91 Å². The maximum atomic E-state index is 14.0. The molecule has 0 radical (unpaired) electrons. The van der Waals surface area contributed by atoms with E-state index in [4.69, 9.17) is 11.6 Å². The zero-order valence-corrected chi connectivity index (χ0v) is 12.7. The highest BCUT2D eigenvalue weighted by molar-refractivity contribution is 7.99. The van der Waals surface area contributed by atoms with Gasteiger partial charge >= 0.3 is 0 Å². The number of hydrogen-bond donors (Lipinski definition) is 0. The van der Waals surface area contributed by atoms with Crippen molar-refractivity contribution in [2.24, 2.45) is 0 Å². The average molecular weight is 322 g/mol. The molecule has 2 aromatic rings. The normalized spacial score (nSPS) is 18.0. The Kier molecular flexibility index (Phi) is 4.17. The van der Waals surface area contributed by atoms with E-state index < -0.39 is 0 Å². The van der Waals surface area contributed by atoms with Gasteiger partial charge in [0.15, 0.2) is 0 Å². The fourth-order valence-electron chi connectivity index (χ4n) is 2.40. The van der Waals surface area contributed by atoms with Crippen molar-refractivity contribution in [3.8, 4) is 0 Å². The van der Waals surface area contributed by atoms with E-state index in [2.05, 4.69) is 0 Å². The molecule has 0 N–H and O–H groups in total. The minimum Gasteiger partial charge on any atom is -0.322 e. The molecule has 0 bridgehead atoms. The number of carbonyl (C=O) groups excluding carboxylic acids is 1. The van der Waals surface area contributed by atoms with Gasteiger partial charge in [0.2, 0.25) is 0 Å². The van der Waals surface area contributed by atoms with Crippen molar-refractivity contribution in [1.82, 2.24) is 4.90 Å². The number of nitrogens with zero attached hydrogens (tertiary/aromatic N) is 1. The van der Waals surface area contributed by atoms with Gasteiger partial charge < -0.3 is 4.90 Å². The highest BCUT2D eigenvalue weighted by Gasteiger charge is 2.32. The molecule has 0 aliphatic carbocycles. The summed E-state index contributed by atoms with van der Waals surface area (Å²) in [5, 5.41) is 0.243. The third-order valence-corrected chi connectivity index (χ3v) is 4.87. The molecule has 1 aliphatic heterocycles. The van der Waals surface area contributed by atoms with Crippen LogP contribution < -0.4 is 0 Å². The second kappa shape index (κ2) is 6.08. The number of thioether (sulfide) groups is 1. The summed E-state index contributed by atoms with van der Waals surface area (Å²) >= 11 is 7.52. The fraction of sp³-hybridized carbons (Fsp3) is 0.188. The lowest BCUT2D eigenvalue weighted by atomic mass is 10.1. The minimum absolute atomic E-state index is 0.115. The third kappa shape index (κ3) is 2.92. The molecule has 1 amide bonds. The van der Waals surface area contributed by atoms with Crippen LogP contribution >= 0.6 is 23.4 Å². The van der Waals surface area contributed by atoms with Crippen LogP contribution in [0.1, 0.15) is 21.3 Å². The maximum absolute atomic E-state index is 14.0. The topological polar surface area (TPSA) is 20.3 Å². The zero-order valence-electron chi connectivity index (χ0n) is 11.1. The van der Waals surface area contributed by atoms with Crippen molar-refractivity contribution in [2.75, 3.05) is 12.3 Å². The molecule has 3 rings (SSSR count). The van der Waals surface area contributed by atoms with Crippen LogP contribution in [0.5, 0.6) is 0 Å². The molecule has 1 fully saturated rings. The molecule has 0 unspecified atom stereocenters. The SMILES string of the molecule is O=C(c1cccc(Cl)c1)N1CCS[C@H]1c1ccccc1F. The van der Waals surface area contributed by atoms with E-state index in [1.54, 1.807) is 59.1 Å². The highest BCUT2D eigenvalue weighted by Crippen LogP contribution is 2.39.